The fourth-order valence-corrected chi connectivity index (χ4v) is 5.09. The Morgan fingerprint density at radius 3 is 2.68 bits per heavy atom. The Kier molecular flexibility index (Phi) is 4.68. The maximum Gasteiger partial charge on any atom is 0.337 e. The fourth-order valence-electron chi connectivity index (χ4n) is 5.09. The van der Waals surface area contributed by atoms with E-state index in [9.17, 15) is 14.7 Å². The van der Waals surface area contributed by atoms with Gasteiger partial charge in [-0.1, -0.05) is 12.1 Å². The van der Waals surface area contributed by atoms with E-state index >= 15 is 0 Å². The van der Waals surface area contributed by atoms with Crippen molar-refractivity contribution in [1.82, 2.24) is 9.38 Å². The van der Waals surface area contributed by atoms with E-state index in [1.165, 1.54) is 12.8 Å². The number of fused-ring (bicyclic) bond motifs is 3. The van der Waals surface area contributed by atoms with Gasteiger partial charge in [-0.05, 0) is 63.3 Å². The van der Waals surface area contributed by atoms with Crippen LogP contribution in [0.5, 0.6) is 0 Å². The summed E-state index contributed by atoms with van der Waals surface area (Å²) in [5, 5.41) is 12.8. The predicted molar refractivity (Wildman–Crippen MR) is 120 cm³/mol. The fraction of sp³-hybridized carbons (Fsp3) is 0.375. The molecule has 2 aromatic heterocycles. The summed E-state index contributed by atoms with van der Waals surface area (Å²) >= 11 is 0. The van der Waals surface area contributed by atoms with Crippen LogP contribution in [0.2, 0.25) is 0 Å². The van der Waals surface area contributed by atoms with E-state index in [1.807, 2.05) is 26.1 Å². The second-order valence-corrected chi connectivity index (χ2v) is 8.72. The van der Waals surface area contributed by atoms with Gasteiger partial charge in [0.25, 0.3) is 5.56 Å². The Labute approximate surface area is 180 Å². The van der Waals surface area contributed by atoms with Crippen LogP contribution in [0.25, 0.3) is 5.65 Å². The molecule has 2 saturated heterocycles. The van der Waals surface area contributed by atoms with Crippen molar-refractivity contribution in [3.8, 4) is 0 Å². The van der Waals surface area contributed by atoms with Crippen molar-refractivity contribution >= 4 is 23.1 Å². The standard InChI is InChI=1S/C24H26N4O3/c1-14-10-19(15(2)25-20-9-4-3-8-18(20)24(30)31)23-26-21(12-22(29)27(23)13-14)28-16-6-5-7-17(28)11-16/h3-4,8-10,12-13,15-17,25H,5-7,11H2,1-2H3,(H,30,31)/t15-,16?,17?/m1/s1. The van der Waals surface area contributed by atoms with Crippen LogP contribution in [-0.2, 0) is 0 Å². The molecular weight excluding hydrogens is 392 g/mol. The minimum Gasteiger partial charge on any atom is -0.478 e. The van der Waals surface area contributed by atoms with Gasteiger partial charge in [0.2, 0.25) is 0 Å². The molecule has 7 heteroatoms. The lowest BCUT2D eigenvalue weighted by Gasteiger charge is -2.53. The summed E-state index contributed by atoms with van der Waals surface area (Å²) in [6.07, 6.45) is 6.55. The van der Waals surface area contributed by atoms with Crippen LogP contribution >= 0.6 is 0 Å². The van der Waals surface area contributed by atoms with Crippen molar-refractivity contribution in [3.05, 3.63) is 69.6 Å². The lowest BCUT2D eigenvalue weighted by molar-refractivity contribution is 0.0698. The topological polar surface area (TPSA) is 86.9 Å². The molecule has 2 bridgehead atoms. The van der Waals surface area contributed by atoms with Gasteiger partial charge in [-0.15, -0.1) is 0 Å². The van der Waals surface area contributed by atoms with Gasteiger partial charge in [0.05, 0.1) is 11.6 Å². The van der Waals surface area contributed by atoms with Gasteiger partial charge in [-0.3, -0.25) is 9.20 Å². The number of nitrogens with zero attached hydrogens (tertiary/aromatic N) is 3. The molecule has 160 valence electrons. The molecule has 1 aromatic carbocycles. The number of anilines is 2. The summed E-state index contributed by atoms with van der Waals surface area (Å²) in [6, 6.07) is 11.2. The number of carboxylic acids is 1. The van der Waals surface area contributed by atoms with Crippen molar-refractivity contribution in [2.75, 3.05) is 10.2 Å². The number of pyridine rings is 1. The van der Waals surface area contributed by atoms with E-state index in [0.29, 0.717) is 23.4 Å². The van der Waals surface area contributed by atoms with E-state index in [-0.39, 0.29) is 17.2 Å². The molecule has 0 radical (unpaired) electrons. The molecule has 5 rings (SSSR count). The first-order chi connectivity index (χ1) is 14.9. The van der Waals surface area contributed by atoms with E-state index in [1.54, 1.807) is 34.7 Å². The number of piperidine rings is 1. The lowest BCUT2D eigenvalue weighted by Crippen LogP contribution is -2.59. The molecule has 31 heavy (non-hydrogen) atoms. The number of rotatable bonds is 5. The minimum atomic E-state index is -0.981. The number of benzene rings is 1. The summed E-state index contributed by atoms with van der Waals surface area (Å²) in [6.45, 7) is 3.91. The van der Waals surface area contributed by atoms with Crippen LogP contribution in [0, 0.1) is 6.92 Å². The van der Waals surface area contributed by atoms with Crippen LogP contribution in [0.15, 0.2) is 47.4 Å². The molecule has 0 aliphatic carbocycles. The Bertz CT molecular complexity index is 1220. The summed E-state index contributed by atoms with van der Waals surface area (Å²) in [5.41, 5.74) is 3.09. The van der Waals surface area contributed by atoms with Crippen molar-refractivity contribution in [2.45, 2.75) is 57.7 Å². The number of nitrogens with one attached hydrogen (secondary N) is 1. The van der Waals surface area contributed by atoms with Gasteiger partial charge >= 0.3 is 5.97 Å². The highest BCUT2D eigenvalue weighted by Crippen LogP contribution is 2.40. The number of carbonyl (C=O) groups is 1. The van der Waals surface area contributed by atoms with Gasteiger partial charge in [0.1, 0.15) is 11.5 Å². The maximum atomic E-state index is 13.0. The Hall–Kier alpha value is -3.35. The SMILES string of the molecule is Cc1cc([C@@H](C)Nc2ccccc2C(=O)O)c2nc(N3C4CCCC3C4)cc(=O)n2c1. The molecule has 2 unspecified atom stereocenters. The van der Waals surface area contributed by atoms with Crippen LogP contribution in [0.1, 0.15) is 60.1 Å². The average Bonchev–Trinajstić information content (AvgIpc) is 2.74. The molecule has 4 heterocycles. The highest BCUT2D eigenvalue weighted by atomic mass is 16.4. The molecule has 0 saturated carbocycles. The molecule has 3 atom stereocenters. The van der Waals surface area contributed by atoms with Gasteiger partial charge in [0, 0.05) is 35.6 Å². The van der Waals surface area contributed by atoms with Gasteiger partial charge in [0.15, 0.2) is 0 Å². The van der Waals surface area contributed by atoms with Crippen LogP contribution in [0.4, 0.5) is 11.5 Å². The zero-order valence-electron chi connectivity index (χ0n) is 17.7. The normalized spacial score (nSPS) is 20.9. The van der Waals surface area contributed by atoms with Gasteiger partial charge in [-0.25, -0.2) is 9.78 Å². The quantitative estimate of drug-likeness (QED) is 0.651. The first-order valence-corrected chi connectivity index (χ1v) is 10.8. The Morgan fingerprint density at radius 2 is 1.97 bits per heavy atom. The van der Waals surface area contributed by atoms with E-state index < -0.39 is 5.97 Å². The van der Waals surface area contributed by atoms with Crippen LogP contribution in [-0.4, -0.2) is 32.5 Å². The average molecular weight is 418 g/mol. The molecule has 2 aliphatic heterocycles. The Balaban J connectivity index is 1.58. The summed E-state index contributed by atoms with van der Waals surface area (Å²) in [7, 11) is 0. The predicted octanol–water partition coefficient (Wildman–Crippen LogP) is 4.01. The van der Waals surface area contributed by atoms with E-state index in [0.717, 1.165) is 29.8 Å². The molecule has 2 fully saturated rings. The highest BCUT2D eigenvalue weighted by Gasteiger charge is 2.42. The first kappa shape index (κ1) is 19.6. The Morgan fingerprint density at radius 1 is 1.23 bits per heavy atom. The van der Waals surface area contributed by atoms with Gasteiger partial charge in [-0.2, -0.15) is 0 Å². The van der Waals surface area contributed by atoms with Crippen molar-refractivity contribution in [2.24, 2.45) is 0 Å². The number of aryl methyl sites for hydroxylation is 1. The van der Waals surface area contributed by atoms with E-state index in [2.05, 4.69) is 10.2 Å². The number of hydrogen-bond donors (Lipinski definition) is 2. The minimum absolute atomic E-state index is 0.0898. The van der Waals surface area contributed by atoms with Gasteiger partial charge < -0.3 is 15.3 Å². The molecule has 0 amide bonds. The molecule has 2 aliphatic rings. The number of aromatic nitrogens is 2. The molecular formula is C24H26N4O3. The largest absolute Gasteiger partial charge is 0.478 e. The summed E-state index contributed by atoms with van der Waals surface area (Å²) < 4.78 is 1.60. The summed E-state index contributed by atoms with van der Waals surface area (Å²) in [5.74, 6) is -0.223. The second-order valence-electron chi connectivity index (χ2n) is 8.72. The van der Waals surface area contributed by atoms with E-state index in [4.69, 9.17) is 4.98 Å². The number of hydrogen-bond acceptors (Lipinski definition) is 5. The van der Waals surface area contributed by atoms with Crippen molar-refractivity contribution in [3.63, 3.8) is 0 Å². The first-order valence-electron chi connectivity index (χ1n) is 10.8. The van der Waals surface area contributed by atoms with Crippen molar-refractivity contribution in [1.29, 1.82) is 0 Å². The third-order valence-electron chi connectivity index (χ3n) is 6.58. The lowest BCUT2D eigenvalue weighted by atomic mass is 9.80. The molecule has 2 N–H and O–H groups in total. The maximum absolute atomic E-state index is 13.0. The smallest absolute Gasteiger partial charge is 0.337 e. The number of para-hydroxylation sites is 1. The highest BCUT2D eigenvalue weighted by molar-refractivity contribution is 5.94. The molecule has 3 aromatic rings. The number of aromatic carboxylic acids is 1. The summed E-state index contributed by atoms with van der Waals surface area (Å²) in [4.78, 5) is 31.8. The number of carboxylic acid groups (broad SMARTS) is 1. The van der Waals surface area contributed by atoms with Crippen LogP contribution in [0.3, 0.4) is 0 Å². The molecule has 0 spiro atoms. The second kappa shape index (κ2) is 7.41. The van der Waals surface area contributed by atoms with Crippen molar-refractivity contribution < 1.29 is 9.90 Å². The third-order valence-corrected chi connectivity index (χ3v) is 6.58. The third kappa shape index (κ3) is 3.34. The zero-order chi connectivity index (χ0) is 21.7. The zero-order valence-corrected chi connectivity index (χ0v) is 17.7. The monoisotopic (exact) mass is 418 g/mol. The molecule has 7 nitrogen and oxygen atoms in total. The van der Waals surface area contributed by atoms with Crippen LogP contribution < -0.4 is 15.8 Å².